The summed E-state index contributed by atoms with van der Waals surface area (Å²) in [5.41, 5.74) is 1.04. The molecule has 0 bridgehead atoms. The van der Waals surface area contributed by atoms with Crippen molar-refractivity contribution in [2.45, 2.75) is 46.1 Å². The van der Waals surface area contributed by atoms with Gasteiger partial charge in [-0.2, -0.15) is 0 Å². The minimum absolute atomic E-state index is 0.147. The van der Waals surface area contributed by atoms with Crippen LogP contribution in [0.15, 0.2) is 18.2 Å². The van der Waals surface area contributed by atoms with Crippen LogP contribution in [0.4, 0.5) is 0 Å². The first-order valence-electron chi connectivity index (χ1n) is 8.15. The van der Waals surface area contributed by atoms with Crippen LogP contribution in [0.5, 0.6) is 11.5 Å². The summed E-state index contributed by atoms with van der Waals surface area (Å²) in [6.45, 7) is 6.62. The van der Waals surface area contributed by atoms with Gasteiger partial charge in [0.2, 0.25) is 0 Å². The number of benzene rings is 1. The van der Waals surface area contributed by atoms with E-state index in [4.69, 9.17) is 4.74 Å². The third-order valence-corrected chi connectivity index (χ3v) is 3.93. The minimum atomic E-state index is -0.738. The van der Waals surface area contributed by atoms with Crippen molar-refractivity contribution >= 4 is 5.97 Å². The maximum Gasteiger partial charge on any atom is 0.307 e. The zero-order chi connectivity index (χ0) is 17.4. The lowest BCUT2D eigenvalue weighted by Gasteiger charge is -2.19. The van der Waals surface area contributed by atoms with Gasteiger partial charge in [0.05, 0.1) is 13.0 Å². The second-order valence-electron chi connectivity index (χ2n) is 6.52. The lowest BCUT2D eigenvalue weighted by Crippen LogP contribution is -2.35. The molecule has 5 heteroatoms. The number of rotatable bonds is 10. The van der Waals surface area contributed by atoms with E-state index in [-0.39, 0.29) is 17.7 Å². The van der Waals surface area contributed by atoms with E-state index in [0.717, 1.165) is 18.4 Å². The molecule has 2 atom stereocenters. The SMILES string of the molecule is COc1ccc(CCC(C)NCC(CC(C)C)C(=O)O)cc1O. The van der Waals surface area contributed by atoms with Crippen LogP contribution < -0.4 is 10.1 Å². The molecule has 3 N–H and O–H groups in total. The van der Waals surface area contributed by atoms with Gasteiger partial charge in [0.25, 0.3) is 0 Å². The molecular weight excluding hydrogens is 294 g/mol. The molecule has 0 aliphatic carbocycles. The molecule has 0 fully saturated rings. The Balaban J connectivity index is 2.43. The Hall–Kier alpha value is -1.75. The minimum Gasteiger partial charge on any atom is -0.504 e. The highest BCUT2D eigenvalue weighted by molar-refractivity contribution is 5.70. The number of carboxylic acids is 1. The van der Waals surface area contributed by atoms with Crippen LogP contribution >= 0.6 is 0 Å². The first-order chi connectivity index (χ1) is 10.8. The third kappa shape index (κ3) is 6.91. The van der Waals surface area contributed by atoms with Crippen LogP contribution in [0.2, 0.25) is 0 Å². The number of nitrogens with one attached hydrogen (secondary N) is 1. The predicted octanol–water partition coefficient (Wildman–Crippen LogP) is 3.06. The van der Waals surface area contributed by atoms with Gasteiger partial charge >= 0.3 is 5.97 Å². The smallest absolute Gasteiger partial charge is 0.307 e. The van der Waals surface area contributed by atoms with E-state index >= 15 is 0 Å². The molecule has 0 aliphatic heterocycles. The first-order valence-corrected chi connectivity index (χ1v) is 8.15. The molecule has 23 heavy (non-hydrogen) atoms. The van der Waals surface area contributed by atoms with Gasteiger partial charge in [-0.25, -0.2) is 0 Å². The lowest BCUT2D eigenvalue weighted by atomic mass is 9.96. The highest BCUT2D eigenvalue weighted by atomic mass is 16.5. The summed E-state index contributed by atoms with van der Waals surface area (Å²) < 4.78 is 5.03. The molecule has 1 aromatic carbocycles. The van der Waals surface area contributed by atoms with Crippen molar-refractivity contribution < 1.29 is 19.7 Å². The summed E-state index contributed by atoms with van der Waals surface area (Å²) in [6.07, 6.45) is 2.37. The number of hydrogen-bond acceptors (Lipinski definition) is 4. The molecule has 0 aromatic heterocycles. The second kappa shape index (κ2) is 9.40. The van der Waals surface area contributed by atoms with Crippen molar-refractivity contribution in [1.29, 1.82) is 0 Å². The van der Waals surface area contributed by atoms with Crippen molar-refractivity contribution in [2.24, 2.45) is 11.8 Å². The molecule has 130 valence electrons. The van der Waals surface area contributed by atoms with E-state index < -0.39 is 5.97 Å². The monoisotopic (exact) mass is 323 g/mol. The fourth-order valence-electron chi connectivity index (χ4n) is 2.56. The lowest BCUT2D eigenvalue weighted by molar-refractivity contribution is -0.142. The Bertz CT molecular complexity index is 502. The normalized spacial score (nSPS) is 13.8. The van der Waals surface area contributed by atoms with E-state index in [9.17, 15) is 15.0 Å². The van der Waals surface area contributed by atoms with Gasteiger partial charge in [-0.3, -0.25) is 4.79 Å². The molecule has 0 radical (unpaired) electrons. The summed E-state index contributed by atoms with van der Waals surface area (Å²) in [7, 11) is 1.52. The largest absolute Gasteiger partial charge is 0.504 e. The quantitative estimate of drug-likeness (QED) is 0.617. The zero-order valence-corrected chi connectivity index (χ0v) is 14.5. The average molecular weight is 323 g/mol. The Labute approximate surface area is 138 Å². The van der Waals surface area contributed by atoms with Crippen molar-refractivity contribution in [3.63, 3.8) is 0 Å². The Morgan fingerprint density at radius 2 is 2.00 bits per heavy atom. The van der Waals surface area contributed by atoms with Crippen LogP contribution in [0.25, 0.3) is 0 Å². The molecule has 0 amide bonds. The number of phenols is 1. The summed E-state index contributed by atoms with van der Waals surface area (Å²) in [5, 5.41) is 22.3. The Morgan fingerprint density at radius 1 is 1.30 bits per heavy atom. The van der Waals surface area contributed by atoms with E-state index in [1.165, 1.54) is 7.11 Å². The number of aliphatic carboxylic acids is 1. The van der Waals surface area contributed by atoms with Gasteiger partial charge < -0.3 is 20.3 Å². The summed E-state index contributed by atoms with van der Waals surface area (Å²) >= 11 is 0. The Morgan fingerprint density at radius 3 is 2.52 bits per heavy atom. The van der Waals surface area contributed by atoms with E-state index in [0.29, 0.717) is 24.6 Å². The van der Waals surface area contributed by atoms with Gasteiger partial charge in [-0.15, -0.1) is 0 Å². The van der Waals surface area contributed by atoms with E-state index in [1.807, 2.05) is 19.9 Å². The molecule has 1 aromatic rings. The van der Waals surface area contributed by atoms with Gasteiger partial charge in [-0.1, -0.05) is 19.9 Å². The summed E-state index contributed by atoms with van der Waals surface area (Å²) in [5.74, 6) is -0.0946. The third-order valence-electron chi connectivity index (χ3n) is 3.93. The average Bonchev–Trinajstić information content (AvgIpc) is 2.48. The number of hydrogen-bond donors (Lipinski definition) is 3. The van der Waals surface area contributed by atoms with Crippen LogP contribution in [0, 0.1) is 11.8 Å². The topological polar surface area (TPSA) is 78.8 Å². The molecule has 0 saturated carbocycles. The van der Waals surface area contributed by atoms with Crippen molar-refractivity contribution in [2.75, 3.05) is 13.7 Å². The van der Waals surface area contributed by atoms with Gasteiger partial charge in [-0.05, 0) is 49.8 Å². The number of ether oxygens (including phenoxy) is 1. The van der Waals surface area contributed by atoms with E-state index in [2.05, 4.69) is 12.2 Å². The molecule has 0 spiro atoms. The fourth-order valence-corrected chi connectivity index (χ4v) is 2.56. The van der Waals surface area contributed by atoms with Crippen molar-refractivity contribution in [3.8, 4) is 11.5 Å². The van der Waals surface area contributed by atoms with E-state index in [1.54, 1.807) is 12.1 Å². The number of carbonyl (C=O) groups is 1. The van der Waals surface area contributed by atoms with Gasteiger partial charge in [0.15, 0.2) is 11.5 Å². The maximum atomic E-state index is 11.2. The molecule has 1 rings (SSSR count). The van der Waals surface area contributed by atoms with Crippen LogP contribution in [-0.2, 0) is 11.2 Å². The number of carboxylic acid groups (broad SMARTS) is 1. The number of aryl methyl sites for hydroxylation is 1. The fraction of sp³-hybridized carbons (Fsp3) is 0.611. The van der Waals surface area contributed by atoms with Crippen molar-refractivity contribution in [1.82, 2.24) is 5.32 Å². The number of phenolic OH excluding ortho intramolecular Hbond substituents is 1. The highest BCUT2D eigenvalue weighted by Crippen LogP contribution is 2.26. The maximum absolute atomic E-state index is 11.2. The molecule has 0 heterocycles. The number of aromatic hydroxyl groups is 1. The molecule has 0 saturated heterocycles. The summed E-state index contributed by atoms with van der Waals surface area (Å²) in [4.78, 5) is 11.2. The van der Waals surface area contributed by atoms with Crippen molar-refractivity contribution in [3.05, 3.63) is 23.8 Å². The van der Waals surface area contributed by atoms with Gasteiger partial charge in [0, 0.05) is 12.6 Å². The van der Waals surface area contributed by atoms with Crippen LogP contribution in [0.1, 0.15) is 39.2 Å². The second-order valence-corrected chi connectivity index (χ2v) is 6.52. The zero-order valence-electron chi connectivity index (χ0n) is 14.5. The Kier molecular flexibility index (Phi) is 7.89. The van der Waals surface area contributed by atoms with Gasteiger partial charge in [0.1, 0.15) is 0 Å². The summed E-state index contributed by atoms with van der Waals surface area (Å²) in [6, 6.07) is 5.62. The molecular formula is C18H29NO4. The molecule has 5 nitrogen and oxygen atoms in total. The molecule has 0 aliphatic rings. The van der Waals surface area contributed by atoms with Crippen LogP contribution in [-0.4, -0.2) is 35.9 Å². The molecule has 2 unspecified atom stereocenters. The highest BCUT2D eigenvalue weighted by Gasteiger charge is 2.19. The first kappa shape index (κ1) is 19.3. The van der Waals surface area contributed by atoms with Crippen LogP contribution in [0.3, 0.4) is 0 Å². The predicted molar refractivity (Wildman–Crippen MR) is 91.0 cm³/mol. The number of methoxy groups -OCH3 is 1. The standard InChI is InChI=1S/C18H29NO4/c1-12(2)9-15(18(21)22)11-19-13(3)5-6-14-7-8-17(23-4)16(20)10-14/h7-8,10,12-13,15,19-20H,5-6,9,11H2,1-4H3,(H,21,22).